The number of hydrogen-bond acceptors (Lipinski definition) is 3. The van der Waals surface area contributed by atoms with Crippen molar-refractivity contribution in [3.63, 3.8) is 0 Å². The van der Waals surface area contributed by atoms with E-state index in [1.165, 1.54) is 23.8 Å². The van der Waals surface area contributed by atoms with Crippen LogP contribution in [0.5, 0.6) is 0 Å². The Labute approximate surface area is 114 Å². The van der Waals surface area contributed by atoms with Gasteiger partial charge >= 0.3 is 0 Å². The lowest BCUT2D eigenvalue weighted by molar-refractivity contribution is 0.437. The van der Waals surface area contributed by atoms with Crippen molar-refractivity contribution in [2.75, 3.05) is 18.0 Å². The molecule has 1 aromatic heterocycles. The lowest BCUT2D eigenvalue weighted by Gasteiger charge is -2.32. The van der Waals surface area contributed by atoms with Gasteiger partial charge in [0.05, 0.1) is 5.52 Å². The third kappa shape index (κ3) is 2.42. The molecular weight excluding hydrogens is 234 g/mol. The van der Waals surface area contributed by atoms with E-state index in [1.54, 1.807) is 0 Å². The van der Waals surface area contributed by atoms with Crippen LogP contribution >= 0.6 is 0 Å². The Morgan fingerprint density at radius 2 is 1.84 bits per heavy atom. The number of anilines is 1. The van der Waals surface area contributed by atoms with Gasteiger partial charge in [0.1, 0.15) is 11.6 Å². The Morgan fingerprint density at radius 3 is 2.58 bits per heavy atom. The number of fused-ring (bicyclic) bond motifs is 1. The second-order valence-corrected chi connectivity index (χ2v) is 5.78. The van der Waals surface area contributed by atoms with E-state index in [1.807, 2.05) is 6.92 Å². The van der Waals surface area contributed by atoms with E-state index in [2.05, 4.69) is 41.9 Å². The molecular formula is C16H21N3. The Bertz CT molecular complexity index is 593. The number of piperidine rings is 1. The van der Waals surface area contributed by atoms with Crippen LogP contribution in [-0.2, 0) is 0 Å². The van der Waals surface area contributed by atoms with Crippen molar-refractivity contribution in [2.24, 2.45) is 5.92 Å². The summed E-state index contributed by atoms with van der Waals surface area (Å²) in [6.45, 7) is 8.65. The van der Waals surface area contributed by atoms with Crippen molar-refractivity contribution in [2.45, 2.75) is 33.6 Å². The quantitative estimate of drug-likeness (QED) is 0.781. The molecule has 2 aromatic rings. The van der Waals surface area contributed by atoms with E-state index in [4.69, 9.17) is 4.98 Å². The third-order valence-electron chi connectivity index (χ3n) is 4.03. The minimum atomic E-state index is 0.840. The molecule has 0 unspecified atom stereocenters. The summed E-state index contributed by atoms with van der Waals surface area (Å²) in [5.74, 6) is 2.83. The van der Waals surface area contributed by atoms with Crippen LogP contribution in [0.3, 0.4) is 0 Å². The Morgan fingerprint density at radius 1 is 1.11 bits per heavy atom. The third-order valence-corrected chi connectivity index (χ3v) is 4.03. The summed E-state index contributed by atoms with van der Waals surface area (Å²) in [4.78, 5) is 11.7. The molecule has 0 bridgehead atoms. The standard InChI is InChI=1S/C16H21N3/c1-11-6-8-19(9-7-11)16-14-5-4-12(2)10-15(14)17-13(3)18-16/h4-5,10-11H,6-9H2,1-3H3. The first-order valence-electron chi connectivity index (χ1n) is 7.13. The molecule has 1 aromatic carbocycles. The summed E-state index contributed by atoms with van der Waals surface area (Å²) in [7, 11) is 0. The SMILES string of the molecule is Cc1ccc2c(N3CCC(C)CC3)nc(C)nc2c1. The molecule has 0 radical (unpaired) electrons. The molecule has 0 amide bonds. The Balaban J connectivity index is 2.07. The summed E-state index contributed by atoms with van der Waals surface area (Å²) in [5, 5.41) is 1.19. The fraction of sp³-hybridized carbons (Fsp3) is 0.500. The van der Waals surface area contributed by atoms with Gasteiger partial charge in [0.2, 0.25) is 0 Å². The molecule has 0 spiro atoms. The fourth-order valence-electron chi connectivity index (χ4n) is 2.80. The predicted molar refractivity (Wildman–Crippen MR) is 79.6 cm³/mol. The van der Waals surface area contributed by atoms with E-state index in [0.717, 1.165) is 36.2 Å². The summed E-state index contributed by atoms with van der Waals surface area (Å²) < 4.78 is 0. The first-order chi connectivity index (χ1) is 9.13. The predicted octanol–water partition coefficient (Wildman–Crippen LogP) is 3.48. The summed E-state index contributed by atoms with van der Waals surface area (Å²) in [6, 6.07) is 6.47. The Kier molecular flexibility index (Phi) is 3.13. The zero-order valence-electron chi connectivity index (χ0n) is 12.0. The molecule has 3 rings (SSSR count). The molecule has 100 valence electrons. The van der Waals surface area contributed by atoms with E-state index in [0.29, 0.717) is 0 Å². The topological polar surface area (TPSA) is 29.0 Å². The average molecular weight is 255 g/mol. The largest absolute Gasteiger partial charge is 0.356 e. The first kappa shape index (κ1) is 12.4. The molecule has 1 saturated heterocycles. The number of aryl methyl sites for hydroxylation is 2. The number of aromatic nitrogens is 2. The minimum absolute atomic E-state index is 0.840. The average Bonchev–Trinajstić information content (AvgIpc) is 2.38. The second kappa shape index (κ2) is 4.80. The van der Waals surface area contributed by atoms with Gasteiger partial charge in [0.15, 0.2) is 0 Å². The lowest BCUT2D eigenvalue weighted by Crippen LogP contribution is -2.33. The maximum atomic E-state index is 4.69. The number of benzene rings is 1. The zero-order chi connectivity index (χ0) is 13.4. The monoisotopic (exact) mass is 255 g/mol. The van der Waals surface area contributed by atoms with Crippen molar-refractivity contribution < 1.29 is 0 Å². The van der Waals surface area contributed by atoms with Crippen molar-refractivity contribution in [3.8, 4) is 0 Å². The van der Waals surface area contributed by atoms with Gasteiger partial charge in [-0.2, -0.15) is 0 Å². The molecule has 0 atom stereocenters. The zero-order valence-corrected chi connectivity index (χ0v) is 12.0. The Hall–Kier alpha value is -1.64. The number of nitrogens with zero attached hydrogens (tertiary/aromatic N) is 3. The maximum Gasteiger partial charge on any atom is 0.140 e. The van der Waals surface area contributed by atoms with Crippen molar-refractivity contribution in [3.05, 3.63) is 29.6 Å². The van der Waals surface area contributed by atoms with Crippen LogP contribution in [-0.4, -0.2) is 23.1 Å². The minimum Gasteiger partial charge on any atom is -0.356 e. The van der Waals surface area contributed by atoms with E-state index >= 15 is 0 Å². The highest BCUT2D eigenvalue weighted by Gasteiger charge is 2.19. The first-order valence-corrected chi connectivity index (χ1v) is 7.13. The van der Waals surface area contributed by atoms with Crippen LogP contribution in [0, 0.1) is 19.8 Å². The molecule has 3 heteroatoms. The van der Waals surface area contributed by atoms with Crippen LogP contribution in [0.2, 0.25) is 0 Å². The van der Waals surface area contributed by atoms with Crippen LogP contribution in [0.25, 0.3) is 10.9 Å². The second-order valence-electron chi connectivity index (χ2n) is 5.78. The van der Waals surface area contributed by atoms with Gasteiger partial charge in [-0.05, 0) is 50.3 Å². The highest BCUT2D eigenvalue weighted by Crippen LogP contribution is 2.28. The van der Waals surface area contributed by atoms with Gasteiger partial charge in [0.25, 0.3) is 0 Å². The summed E-state index contributed by atoms with van der Waals surface area (Å²) in [6.07, 6.45) is 2.52. The van der Waals surface area contributed by atoms with Gasteiger partial charge in [-0.1, -0.05) is 13.0 Å². The van der Waals surface area contributed by atoms with Crippen molar-refractivity contribution in [1.82, 2.24) is 9.97 Å². The molecule has 19 heavy (non-hydrogen) atoms. The highest BCUT2D eigenvalue weighted by atomic mass is 15.2. The van der Waals surface area contributed by atoms with Crippen LogP contribution in [0.4, 0.5) is 5.82 Å². The van der Waals surface area contributed by atoms with Crippen LogP contribution < -0.4 is 4.90 Å². The normalized spacial score (nSPS) is 17.1. The molecule has 0 aliphatic carbocycles. The van der Waals surface area contributed by atoms with Crippen LogP contribution in [0.15, 0.2) is 18.2 Å². The molecule has 0 saturated carbocycles. The molecule has 2 heterocycles. The van der Waals surface area contributed by atoms with Crippen molar-refractivity contribution >= 4 is 16.7 Å². The highest BCUT2D eigenvalue weighted by molar-refractivity contribution is 5.90. The van der Waals surface area contributed by atoms with E-state index in [-0.39, 0.29) is 0 Å². The molecule has 1 fully saturated rings. The lowest BCUT2D eigenvalue weighted by atomic mass is 9.99. The molecule has 1 aliphatic rings. The maximum absolute atomic E-state index is 4.69. The summed E-state index contributed by atoms with van der Waals surface area (Å²) in [5.41, 5.74) is 2.32. The summed E-state index contributed by atoms with van der Waals surface area (Å²) >= 11 is 0. The van der Waals surface area contributed by atoms with E-state index in [9.17, 15) is 0 Å². The fourth-order valence-corrected chi connectivity index (χ4v) is 2.80. The van der Waals surface area contributed by atoms with Gasteiger partial charge in [-0.3, -0.25) is 0 Å². The van der Waals surface area contributed by atoms with E-state index < -0.39 is 0 Å². The smallest absolute Gasteiger partial charge is 0.140 e. The van der Waals surface area contributed by atoms with Gasteiger partial charge in [-0.25, -0.2) is 9.97 Å². The van der Waals surface area contributed by atoms with Crippen molar-refractivity contribution in [1.29, 1.82) is 0 Å². The number of rotatable bonds is 1. The van der Waals surface area contributed by atoms with Gasteiger partial charge in [0, 0.05) is 18.5 Å². The van der Waals surface area contributed by atoms with Gasteiger partial charge in [-0.15, -0.1) is 0 Å². The molecule has 1 aliphatic heterocycles. The number of hydrogen-bond donors (Lipinski definition) is 0. The van der Waals surface area contributed by atoms with Gasteiger partial charge < -0.3 is 4.90 Å². The molecule has 0 N–H and O–H groups in total. The van der Waals surface area contributed by atoms with Crippen LogP contribution in [0.1, 0.15) is 31.2 Å². The molecule has 3 nitrogen and oxygen atoms in total.